The van der Waals surface area contributed by atoms with E-state index < -0.39 is 5.97 Å². The quantitative estimate of drug-likeness (QED) is 0.569. The van der Waals surface area contributed by atoms with Gasteiger partial charge in [-0.05, 0) is 19.1 Å². The van der Waals surface area contributed by atoms with E-state index in [1.54, 1.807) is 19.1 Å². The number of hydrogen-bond donors (Lipinski definition) is 1. The monoisotopic (exact) mass is 350 g/mol. The van der Waals surface area contributed by atoms with Crippen LogP contribution in [0.25, 0.3) is 5.65 Å². The summed E-state index contributed by atoms with van der Waals surface area (Å²) in [5.41, 5.74) is 1.27. The molecule has 0 saturated carbocycles. The minimum atomic E-state index is -0.516. The molecular formula is C15H12Cl2N4O2. The molecule has 0 aliphatic rings. The number of esters is 1. The Morgan fingerprint density at radius 1 is 1.30 bits per heavy atom. The Morgan fingerprint density at radius 2 is 2.09 bits per heavy atom. The summed E-state index contributed by atoms with van der Waals surface area (Å²) in [6.45, 7) is 2.00. The molecule has 0 amide bonds. The van der Waals surface area contributed by atoms with Crippen molar-refractivity contribution in [3.63, 3.8) is 0 Å². The third kappa shape index (κ3) is 3.23. The summed E-state index contributed by atoms with van der Waals surface area (Å²) in [5.74, 6) is 0.0152. The van der Waals surface area contributed by atoms with Crippen LogP contribution in [-0.2, 0) is 4.74 Å². The third-order valence-corrected chi connectivity index (χ3v) is 3.54. The van der Waals surface area contributed by atoms with Crippen molar-refractivity contribution in [2.75, 3.05) is 11.9 Å². The molecule has 0 fully saturated rings. The van der Waals surface area contributed by atoms with E-state index in [9.17, 15) is 4.79 Å². The first-order valence-corrected chi connectivity index (χ1v) is 7.59. The van der Waals surface area contributed by atoms with Crippen LogP contribution in [0.3, 0.4) is 0 Å². The van der Waals surface area contributed by atoms with Crippen molar-refractivity contribution >= 4 is 46.3 Å². The molecule has 8 heteroatoms. The normalized spacial score (nSPS) is 10.7. The van der Waals surface area contributed by atoms with Crippen LogP contribution in [0.5, 0.6) is 0 Å². The van der Waals surface area contributed by atoms with E-state index in [1.165, 1.54) is 10.6 Å². The number of nitrogens with one attached hydrogen (secondary N) is 1. The summed E-state index contributed by atoms with van der Waals surface area (Å²) >= 11 is 12.2. The van der Waals surface area contributed by atoms with Gasteiger partial charge in [0.15, 0.2) is 11.3 Å². The average molecular weight is 351 g/mol. The Hall–Kier alpha value is -2.31. The molecule has 1 aromatic carbocycles. The number of aromatic nitrogens is 3. The summed E-state index contributed by atoms with van der Waals surface area (Å²) in [6.07, 6.45) is 0. The Labute approximate surface area is 142 Å². The molecule has 0 radical (unpaired) electrons. The summed E-state index contributed by atoms with van der Waals surface area (Å²) in [6, 6.07) is 10.4. The number of ether oxygens (including phenoxy) is 1. The topological polar surface area (TPSA) is 68.5 Å². The van der Waals surface area contributed by atoms with Crippen LogP contribution in [0, 0.1) is 0 Å². The maximum atomic E-state index is 11.8. The molecule has 1 N–H and O–H groups in total. The minimum Gasteiger partial charge on any atom is -0.461 e. The molecule has 6 nitrogen and oxygen atoms in total. The molecule has 0 aliphatic heterocycles. The molecule has 0 aliphatic carbocycles. The smallest absolute Gasteiger partial charge is 0.358 e. The zero-order chi connectivity index (χ0) is 16.4. The van der Waals surface area contributed by atoms with E-state index in [4.69, 9.17) is 27.9 Å². The van der Waals surface area contributed by atoms with Crippen molar-refractivity contribution in [2.24, 2.45) is 0 Å². The molecule has 0 saturated heterocycles. The molecule has 2 aromatic heterocycles. The second kappa shape index (κ2) is 6.44. The van der Waals surface area contributed by atoms with E-state index in [-0.39, 0.29) is 17.5 Å². The number of carbonyl (C=O) groups excluding carboxylic acids is 1. The lowest BCUT2D eigenvalue weighted by atomic mass is 10.3. The number of hydrogen-bond acceptors (Lipinski definition) is 5. The maximum Gasteiger partial charge on any atom is 0.358 e. The van der Waals surface area contributed by atoms with Crippen molar-refractivity contribution < 1.29 is 9.53 Å². The van der Waals surface area contributed by atoms with E-state index in [1.807, 2.05) is 18.2 Å². The highest BCUT2D eigenvalue weighted by Gasteiger charge is 2.15. The van der Waals surface area contributed by atoms with E-state index in [0.717, 1.165) is 0 Å². The van der Waals surface area contributed by atoms with E-state index in [2.05, 4.69) is 15.4 Å². The van der Waals surface area contributed by atoms with Crippen LogP contribution >= 0.6 is 23.2 Å². The number of carbonyl (C=O) groups is 1. The molecule has 2 heterocycles. The summed E-state index contributed by atoms with van der Waals surface area (Å²) in [7, 11) is 0. The molecule has 0 unspecified atom stereocenters. The lowest BCUT2D eigenvalue weighted by Crippen LogP contribution is -2.06. The highest BCUT2D eigenvalue weighted by atomic mass is 35.5. The fraction of sp³-hybridized carbons (Fsp3) is 0.133. The maximum absolute atomic E-state index is 11.8. The van der Waals surface area contributed by atoms with Crippen LogP contribution < -0.4 is 5.32 Å². The van der Waals surface area contributed by atoms with Gasteiger partial charge in [-0.25, -0.2) is 9.78 Å². The van der Waals surface area contributed by atoms with Gasteiger partial charge in [0.1, 0.15) is 11.0 Å². The lowest BCUT2D eigenvalue weighted by molar-refractivity contribution is 0.0519. The van der Waals surface area contributed by atoms with E-state index in [0.29, 0.717) is 22.2 Å². The van der Waals surface area contributed by atoms with Gasteiger partial charge in [-0.15, -0.1) is 0 Å². The summed E-state index contributed by atoms with van der Waals surface area (Å²) in [4.78, 5) is 16.0. The second-order valence-corrected chi connectivity index (χ2v) is 5.38. The van der Waals surface area contributed by atoms with Gasteiger partial charge < -0.3 is 10.1 Å². The summed E-state index contributed by atoms with van der Waals surface area (Å²) < 4.78 is 6.42. The van der Waals surface area contributed by atoms with Crippen LogP contribution in [0.2, 0.25) is 10.2 Å². The van der Waals surface area contributed by atoms with Crippen LogP contribution in [0.1, 0.15) is 17.4 Å². The first-order valence-electron chi connectivity index (χ1n) is 6.83. The van der Waals surface area contributed by atoms with Crippen LogP contribution in [0.4, 0.5) is 11.5 Å². The molecule has 0 atom stereocenters. The fourth-order valence-electron chi connectivity index (χ4n) is 2.04. The SMILES string of the molecule is CCOC(=O)c1cc2nc(Cl)cc(Nc3ccccc3Cl)n2n1. The van der Waals surface area contributed by atoms with Crippen molar-refractivity contribution in [1.82, 2.24) is 14.6 Å². The number of rotatable bonds is 4. The van der Waals surface area contributed by atoms with Gasteiger partial charge in [-0.3, -0.25) is 0 Å². The first kappa shape index (κ1) is 15.6. The zero-order valence-electron chi connectivity index (χ0n) is 12.1. The average Bonchev–Trinajstić information content (AvgIpc) is 2.94. The second-order valence-electron chi connectivity index (χ2n) is 4.59. The van der Waals surface area contributed by atoms with Gasteiger partial charge in [0.05, 0.1) is 17.3 Å². The van der Waals surface area contributed by atoms with Crippen molar-refractivity contribution in [3.05, 3.63) is 52.3 Å². The molecular weight excluding hydrogens is 339 g/mol. The molecule has 3 rings (SSSR count). The Balaban J connectivity index is 2.06. The van der Waals surface area contributed by atoms with Gasteiger partial charge in [-0.1, -0.05) is 35.3 Å². The molecule has 0 spiro atoms. The highest BCUT2D eigenvalue weighted by molar-refractivity contribution is 6.33. The lowest BCUT2D eigenvalue weighted by Gasteiger charge is -2.10. The number of nitrogens with zero attached hydrogens (tertiary/aromatic N) is 3. The Kier molecular flexibility index (Phi) is 4.36. The standard InChI is InChI=1S/C15H12Cl2N4O2/c1-2-23-15(22)11-7-13-19-12(17)8-14(21(13)20-11)18-10-6-4-3-5-9(10)16/h3-8,18H,2H2,1H3. The van der Waals surface area contributed by atoms with Gasteiger partial charge in [0.25, 0.3) is 0 Å². The fourth-order valence-corrected chi connectivity index (χ4v) is 2.41. The van der Waals surface area contributed by atoms with Gasteiger partial charge in [0.2, 0.25) is 0 Å². The van der Waals surface area contributed by atoms with Crippen molar-refractivity contribution in [1.29, 1.82) is 0 Å². The molecule has 23 heavy (non-hydrogen) atoms. The van der Waals surface area contributed by atoms with Crippen LogP contribution in [-0.4, -0.2) is 27.2 Å². The number of halogens is 2. The van der Waals surface area contributed by atoms with Gasteiger partial charge in [0, 0.05) is 12.1 Å². The molecule has 0 bridgehead atoms. The Morgan fingerprint density at radius 3 is 2.83 bits per heavy atom. The predicted molar refractivity (Wildman–Crippen MR) is 88.7 cm³/mol. The van der Waals surface area contributed by atoms with Gasteiger partial charge in [-0.2, -0.15) is 9.61 Å². The number of benzene rings is 1. The number of para-hydroxylation sites is 1. The van der Waals surface area contributed by atoms with Crippen molar-refractivity contribution in [3.8, 4) is 0 Å². The largest absolute Gasteiger partial charge is 0.461 e. The first-order chi connectivity index (χ1) is 11.1. The summed E-state index contributed by atoms with van der Waals surface area (Å²) in [5, 5.41) is 8.16. The minimum absolute atomic E-state index is 0.156. The third-order valence-electron chi connectivity index (χ3n) is 3.02. The van der Waals surface area contributed by atoms with E-state index >= 15 is 0 Å². The van der Waals surface area contributed by atoms with Crippen molar-refractivity contribution in [2.45, 2.75) is 6.92 Å². The zero-order valence-corrected chi connectivity index (χ0v) is 13.6. The highest BCUT2D eigenvalue weighted by Crippen LogP contribution is 2.26. The van der Waals surface area contributed by atoms with Crippen LogP contribution in [0.15, 0.2) is 36.4 Å². The molecule has 3 aromatic rings. The number of fused-ring (bicyclic) bond motifs is 1. The van der Waals surface area contributed by atoms with Gasteiger partial charge >= 0.3 is 5.97 Å². The Bertz CT molecular complexity index is 879. The number of anilines is 2. The predicted octanol–water partition coefficient (Wildman–Crippen LogP) is 3.96. The molecule has 118 valence electrons.